The first-order valence-corrected chi connectivity index (χ1v) is 10.6. The zero-order chi connectivity index (χ0) is 19.8. The fraction of sp³-hybridized carbons (Fsp3) is 0.227. The first-order chi connectivity index (χ1) is 13.7. The number of unbranched alkanes of at least 4 members (excludes halogenated alkanes) is 1. The van der Waals surface area contributed by atoms with Gasteiger partial charge in [-0.15, -0.1) is 0 Å². The number of amides is 1. The third kappa shape index (κ3) is 4.70. The normalized spacial score (nSPS) is 10.6. The van der Waals surface area contributed by atoms with Crippen molar-refractivity contribution in [2.24, 2.45) is 0 Å². The Morgan fingerprint density at radius 1 is 1.00 bits per heavy atom. The predicted octanol–water partition coefficient (Wildman–Crippen LogP) is 3.98. The number of carbonyl (C=O) groups is 1. The van der Waals surface area contributed by atoms with E-state index in [9.17, 15) is 9.59 Å². The minimum absolute atomic E-state index is 0.102. The van der Waals surface area contributed by atoms with E-state index < -0.39 is 5.56 Å². The van der Waals surface area contributed by atoms with Crippen LogP contribution >= 0.6 is 11.8 Å². The van der Waals surface area contributed by atoms with Crippen LogP contribution in [0.1, 0.15) is 23.2 Å². The van der Waals surface area contributed by atoms with Crippen molar-refractivity contribution in [1.82, 2.24) is 15.5 Å². The van der Waals surface area contributed by atoms with Crippen LogP contribution in [0, 0.1) is 0 Å². The summed E-state index contributed by atoms with van der Waals surface area (Å²) in [6.07, 6.45) is 3.96. The van der Waals surface area contributed by atoms with E-state index in [1.54, 1.807) is 11.8 Å². The average Bonchev–Trinajstić information content (AvgIpc) is 2.74. The van der Waals surface area contributed by atoms with Gasteiger partial charge in [0.15, 0.2) is 0 Å². The number of nitrogens with one attached hydrogen (secondary N) is 2. The van der Waals surface area contributed by atoms with Gasteiger partial charge in [-0.3, -0.25) is 9.59 Å². The van der Waals surface area contributed by atoms with Crippen LogP contribution in [0.5, 0.6) is 0 Å². The summed E-state index contributed by atoms with van der Waals surface area (Å²) in [5.74, 6) is 0.683. The Labute approximate surface area is 168 Å². The third-order valence-corrected chi connectivity index (χ3v) is 5.08. The molecule has 6 heteroatoms. The second-order valence-corrected chi connectivity index (χ2v) is 7.32. The lowest BCUT2D eigenvalue weighted by Crippen LogP contribution is -2.32. The molecule has 28 heavy (non-hydrogen) atoms. The molecule has 0 spiro atoms. The second-order valence-electron chi connectivity index (χ2n) is 6.34. The maximum Gasteiger partial charge on any atom is 0.277 e. The fourth-order valence-electron chi connectivity index (χ4n) is 3.02. The summed E-state index contributed by atoms with van der Waals surface area (Å²) in [5, 5.41) is 9.66. The average molecular weight is 394 g/mol. The van der Waals surface area contributed by atoms with Gasteiger partial charge >= 0.3 is 0 Å². The Morgan fingerprint density at radius 3 is 2.29 bits per heavy atom. The summed E-state index contributed by atoms with van der Waals surface area (Å²) >= 11 is 1.78. The molecule has 1 aromatic heterocycles. The molecule has 3 rings (SSSR count). The highest BCUT2D eigenvalue weighted by Crippen LogP contribution is 2.31. The molecule has 0 bridgehead atoms. The number of aromatic amines is 1. The summed E-state index contributed by atoms with van der Waals surface area (Å²) in [5.41, 5.74) is 2.38. The van der Waals surface area contributed by atoms with Gasteiger partial charge in [-0.1, -0.05) is 60.7 Å². The van der Waals surface area contributed by atoms with Gasteiger partial charge in [0.2, 0.25) is 0 Å². The first-order valence-electron chi connectivity index (χ1n) is 9.23. The van der Waals surface area contributed by atoms with Gasteiger partial charge in [0.1, 0.15) is 5.56 Å². The topological polar surface area (TPSA) is 74.8 Å². The molecule has 0 fully saturated rings. The Balaban J connectivity index is 2.04. The molecule has 2 aromatic carbocycles. The molecular weight excluding hydrogens is 370 g/mol. The van der Waals surface area contributed by atoms with Crippen molar-refractivity contribution in [3.63, 3.8) is 0 Å². The highest BCUT2D eigenvalue weighted by Gasteiger charge is 2.22. The highest BCUT2D eigenvalue weighted by atomic mass is 32.2. The van der Waals surface area contributed by atoms with E-state index in [-0.39, 0.29) is 11.5 Å². The van der Waals surface area contributed by atoms with Gasteiger partial charge in [0, 0.05) is 17.7 Å². The molecule has 0 aliphatic rings. The van der Waals surface area contributed by atoms with E-state index in [4.69, 9.17) is 0 Å². The lowest BCUT2D eigenvalue weighted by atomic mass is 9.95. The van der Waals surface area contributed by atoms with Gasteiger partial charge in [-0.2, -0.15) is 16.9 Å². The van der Waals surface area contributed by atoms with Crippen molar-refractivity contribution in [1.29, 1.82) is 0 Å². The fourth-order valence-corrected chi connectivity index (χ4v) is 3.51. The number of hydrogen-bond donors (Lipinski definition) is 2. The van der Waals surface area contributed by atoms with E-state index in [1.807, 2.05) is 60.7 Å². The lowest BCUT2D eigenvalue weighted by Gasteiger charge is -2.14. The van der Waals surface area contributed by atoms with Gasteiger partial charge in [-0.05, 0) is 30.4 Å². The molecule has 0 aliphatic heterocycles. The summed E-state index contributed by atoms with van der Waals surface area (Å²) in [6, 6.07) is 19.0. The van der Waals surface area contributed by atoms with Crippen LogP contribution in [0.4, 0.5) is 0 Å². The smallest absolute Gasteiger partial charge is 0.277 e. The van der Waals surface area contributed by atoms with Gasteiger partial charge < -0.3 is 5.32 Å². The molecule has 1 amide bonds. The monoisotopic (exact) mass is 393 g/mol. The van der Waals surface area contributed by atoms with Gasteiger partial charge in [0.25, 0.3) is 11.5 Å². The Hall–Kier alpha value is -2.86. The number of hydrogen-bond acceptors (Lipinski definition) is 4. The van der Waals surface area contributed by atoms with E-state index in [0.29, 0.717) is 17.8 Å². The number of benzene rings is 2. The van der Waals surface area contributed by atoms with Crippen LogP contribution in [0.2, 0.25) is 0 Å². The molecule has 1 heterocycles. The van der Waals surface area contributed by atoms with Crippen molar-refractivity contribution < 1.29 is 4.79 Å². The Kier molecular flexibility index (Phi) is 7.03. The summed E-state index contributed by atoms with van der Waals surface area (Å²) in [6.45, 7) is 0.538. The predicted molar refractivity (Wildman–Crippen MR) is 116 cm³/mol. The summed E-state index contributed by atoms with van der Waals surface area (Å²) in [4.78, 5) is 25.5. The number of aromatic nitrogens is 2. The molecule has 0 radical (unpaired) electrons. The molecule has 0 saturated carbocycles. The van der Waals surface area contributed by atoms with Crippen LogP contribution in [0.25, 0.3) is 22.4 Å². The van der Waals surface area contributed by atoms with Crippen molar-refractivity contribution in [2.45, 2.75) is 12.8 Å². The molecular formula is C22H23N3O2S. The molecule has 3 aromatic rings. The zero-order valence-corrected chi connectivity index (χ0v) is 16.6. The molecule has 0 atom stereocenters. The van der Waals surface area contributed by atoms with Crippen molar-refractivity contribution in [2.75, 3.05) is 18.6 Å². The molecule has 2 N–H and O–H groups in total. The summed E-state index contributed by atoms with van der Waals surface area (Å²) in [7, 11) is 0. The van der Waals surface area contributed by atoms with Crippen LogP contribution < -0.4 is 10.9 Å². The van der Waals surface area contributed by atoms with Crippen molar-refractivity contribution in [3.05, 3.63) is 76.6 Å². The van der Waals surface area contributed by atoms with E-state index in [0.717, 1.165) is 29.7 Å². The standard InChI is InChI=1S/C22H23N3O2S/c1-28-15-9-8-14-23-21(26)19-18(16-10-4-2-5-11-16)20(24-25-22(19)27)17-12-6-3-7-13-17/h2-7,10-13H,8-9,14-15H2,1H3,(H,23,26)(H,25,27). The maximum atomic E-state index is 12.9. The second kappa shape index (κ2) is 9.90. The molecule has 5 nitrogen and oxygen atoms in total. The van der Waals surface area contributed by atoms with E-state index in [2.05, 4.69) is 21.8 Å². The SMILES string of the molecule is CSCCCCNC(=O)c1c(-c2ccccc2)c(-c2ccccc2)n[nH]c1=O. The molecule has 0 aliphatic carbocycles. The number of rotatable bonds is 8. The van der Waals surface area contributed by atoms with E-state index in [1.165, 1.54) is 0 Å². The minimum Gasteiger partial charge on any atom is -0.352 e. The molecule has 0 saturated heterocycles. The largest absolute Gasteiger partial charge is 0.352 e. The maximum absolute atomic E-state index is 12.9. The minimum atomic E-state index is -0.486. The van der Waals surface area contributed by atoms with Crippen molar-refractivity contribution >= 4 is 17.7 Å². The lowest BCUT2D eigenvalue weighted by molar-refractivity contribution is 0.0952. The van der Waals surface area contributed by atoms with E-state index >= 15 is 0 Å². The van der Waals surface area contributed by atoms with Crippen LogP contribution in [0.3, 0.4) is 0 Å². The number of carbonyl (C=O) groups excluding carboxylic acids is 1. The first kappa shape index (κ1) is 19.9. The quantitative estimate of drug-likeness (QED) is 0.568. The Morgan fingerprint density at radius 2 is 1.64 bits per heavy atom. The van der Waals surface area contributed by atoms with Crippen LogP contribution in [-0.4, -0.2) is 34.7 Å². The number of nitrogens with zero attached hydrogens (tertiary/aromatic N) is 1. The van der Waals surface area contributed by atoms with Crippen LogP contribution in [0.15, 0.2) is 65.5 Å². The van der Waals surface area contributed by atoms with Gasteiger partial charge in [-0.25, -0.2) is 5.10 Å². The third-order valence-electron chi connectivity index (χ3n) is 4.38. The zero-order valence-electron chi connectivity index (χ0n) is 15.8. The highest BCUT2D eigenvalue weighted by molar-refractivity contribution is 7.98. The molecule has 144 valence electrons. The van der Waals surface area contributed by atoms with Crippen molar-refractivity contribution in [3.8, 4) is 22.4 Å². The molecule has 0 unspecified atom stereocenters. The number of thioether (sulfide) groups is 1. The summed E-state index contributed by atoms with van der Waals surface area (Å²) < 4.78 is 0. The van der Waals surface area contributed by atoms with Crippen LogP contribution in [-0.2, 0) is 0 Å². The number of H-pyrrole nitrogens is 1. The van der Waals surface area contributed by atoms with Gasteiger partial charge in [0.05, 0.1) is 5.69 Å². The Bertz CT molecular complexity index is 972.